The van der Waals surface area contributed by atoms with Crippen LogP contribution >= 0.6 is 0 Å². The van der Waals surface area contributed by atoms with Crippen molar-refractivity contribution in [2.45, 2.75) is 63.7 Å². The van der Waals surface area contributed by atoms with E-state index in [1.807, 2.05) is 6.20 Å². The molecule has 2 atom stereocenters. The summed E-state index contributed by atoms with van der Waals surface area (Å²) in [6.07, 6.45) is 10.3. The second-order valence-electron chi connectivity index (χ2n) is 6.32. The van der Waals surface area contributed by atoms with Gasteiger partial charge >= 0.3 is 0 Å². The number of imidazole rings is 1. The number of methoxy groups -OCH3 is 1. The molecule has 0 aliphatic carbocycles. The van der Waals surface area contributed by atoms with Gasteiger partial charge in [-0.05, 0) is 39.0 Å². The van der Waals surface area contributed by atoms with E-state index in [2.05, 4.69) is 32.9 Å². The first kappa shape index (κ1) is 14.9. The monoisotopic (exact) mass is 292 g/mol. The van der Waals surface area contributed by atoms with Crippen molar-refractivity contribution < 1.29 is 4.74 Å². The van der Waals surface area contributed by atoms with Gasteiger partial charge in [-0.3, -0.25) is 0 Å². The molecule has 0 spiro atoms. The molecule has 0 amide bonds. The Hall–Kier alpha value is -1.07. The normalized spacial score (nSPS) is 28.0. The standard InChI is InChI=1S/C16H28N4O/c1-3-20(15-11-13-5-6-14(12-15)18-13)16-17-7-9-19(16)8-4-10-21-2/h7,9,13-15,18H,3-6,8,10-12H2,1-2H3. The summed E-state index contributed by atoms with van der Waals surface area (Å²) >= 11 is 0. The van der Waals surface area contributed by atoms with Gasteiger partial charge in [-0.25, -0.2) is 4.98 Å². The molecule has 118 valence electrons. The van der Waals surface area contributed by atoms with Crippen molar-refractivity contribution in [1.29, 1.82) is 0 Å². The fraction of sp³-hybridized carbons (Fsp3) is 0.812. The maximum Gasteiger partial charge on any atom is 0.205 e. The van der Waals surface area contributed by atoms with Gasteiger partial charge < -0.3 is 19.5 Å². The van der Waals surface area contributed by atoms with Gasteiger partial charge in [-0.2, -0.15) is 0 Å². The van der Waals surface area contributed by atoms with E-state index in [1.54, 1.807) is 7.11 Å². The molecule has 0 saturated carbocycles. The highest BCUT2D eigenvalue weighted by atomic mass is 16.5. The summed E-state index contributed by atoms with van der Waals surface area (Å²) in [5.41, 5.74) is 0. The highest BCUT2D eigenvalue weighted by molar-refractivity contribution is 5.34. The molecule has 0 radical (unpaired) electrons. The minimum atomic E-state index is 0.636. The molecule has 3 rings (SSSR count). The first-order chi connectivity index (χ1) is 10.3. The molecule has 2 aliphatic rings. The summed E-state index contributed by atoms with van der Waals surface area (Å²) in [7, 11) is 1.76. The highest BCUT2D eigenvalue weighted by Crippen LogP contribution is 2.31. The number of hydrogen-bond acceptors (Lipinski definition) is 4. The van der Waals surface area contributed by atoms with E-state index in [9.17, 15) is 0 Å². The third-order valence-corrected chi connectivity index (χ3v) is 4.93. The van der Waals surface area contributed by atoms with E-state index < -0.39 is 0 Å². The van der Waals surface area contributed by atoms with E-state index in [1.165, 1.54) is 25.7 Å². The third-order valence-electron chi connectivity index (χ3n) is 4.93. The molecule has 1 aromatic rings. The van der Waals surface area contributed by atoms with Crippen molar-refractivity contribution in [1.82, 2.24) is 14.9 Å². The van der Waals surface area contributed by atoms with Crippen molar-refractivity contribution in [2.75, 3.05) is 25.2 Å². The van der Waals surface area contributed by atoms with Crippen LogP contribution in [0.1, 0.15) is 39.0 Å². The van der Waals surface area contributed by atoms with Gasteiger partial charge in [0.1, 0.15) is 0 Å². The minimum Gasteiger partial charge on any atom is -0.385 e. The zero-order valence-corrected chi connectivity index (χ0v) is 13.3. The molecule has 5 nitrogen and oxygen atoms in total. The molecule has 0 aromatic carbocycles. The zero-order valence-electron chi connectivity index (χ0n) is 13.3. The number of piperidine rings is 1. The van der Waals surface area contributed by atoms with Crippen molar-refractivity contribution in [2.24, 2.45) is 0 Å². The summed E-state index contributed by atoms with van der Waals surface area (Å²) < 4.78 is 7.45. The molecule has 1 N–H and O–H groups in total. The lowest BCUT2D eigenvalue weighted by molar-refractivity contribution is 0.190. The van der Waals surface area contributed by atoms with Gasteiger partial charge in [0.25, 0.3) is 0 Å². The Morgan fingerprint density at radius 1 is 1.38 bits per heavy atom. The Labute approximate surface area is 127 Å². The number of aromatic nitrogens is 2. The number of nitrogens with one attached hydrogen (secondary N) is 1. The van der Waals surface area contributed by atoms with Crippen molar-refractivity contribution in [3.8, 4) is 0 Å². The first-order valence-corrected chi connectivity index (χ1v) is 8.34. The average molecular weight is 292 g/mol. The van der Waals surface area contributed by atoms with Crippen molar-refractivity contribution in [3.63, 3.8) is 0 Å². The number of hydrogen-bond donors (Lipinski definition) is 1. The molecule has 3 heterocycles. The number of aryl methyl sites for hydroxylation is 1. The van der Waals surface area contributed by atoms with Crippen molar-refractivity contribution >= 4 is 5.95 Å². The van der Waals surface area contributed by atoms with Crippen LogP contribution in [-0.4, -0.2) is 47.9 Å². The number of nitrogens with zero attached hydrogens (tertiary/aromatic N) is 3. The fourth-order valence-electron chi connectivity index (χ4n) is 3.96. The summed E-state index contributed by atoms with van der Waals surface area (Å²) in [4.78, 5) is 7.15. The van der Waals surface area contributed by atoms with Gasteiger partial charge in [0.15, 0.2) is 0 Å². The lowest BCUT2D eigenvalue weighted by Gasteiger charge is -2.38. The molecule has 2 aliphatic heterocycles. The predicted molar refractivity (Wildman–Crippen MR) is 84.7 cm³/mol. The van der Waals surface area contributed by atoms with Crippen molar-refractivity contribution in [3.05, 3.63) is 12.4 Å². The van der Waals surface area contributed by atoms with Crippen LogP contribution < -0.4 is 10.2 Å². The van der Waals surface area contributed by atoms with Crippen LogP contribution in [0.5, 0.6) is 0 Å². The molecular weight excluding hydrogens is 264 g/mol. The van der Waals surface area contributed by atoms with Crippen LogP contribution in [0.3, 0.4) is 0 Å². The topological polar surface area (TPSA) is 42.3 Å². The molecular formula is C16H28N4O. The van der Waals surface area contributed by atoms with Crippen LogP contribution in [0.15, 0.2) is 12.4 Å². The minimum absolute atomic E-state index is 0.636. The molecule has 2 unspecified atom stereocenters. The van der Waals surface area contributed by atoms with E-state index in [0.717, 1.165) is 44.1 Å². The van der Waals surface area contributed by atoms with Gasteiger partial charge in [0, 0.05) is 57.3 Å². The highest BCUT2D eigenvalue weighted by Gasteiger charge is 2.36. The van der Waals surface area contributed by atoms with E-state index in [4.69, 9.17) is 4.74 Å². The van der Waals surface area contributed by atoms with E-state index in [-0.39, 0.29) is 0 Å². The van der Waals surface area contributed by atoms with Gasteiger partial charge in [0.05, 0.1) is 0 Å². The maximum atomic E-state index is 5.16. The molecule has 5 heteroatoms. The SMILES string of the molecule is CCN(c1nccn1CCCOC)C1CC2CCC(C1)N2. The number of rotatable bonds is 7. The second kappa shape index (κ2) is 6.79. The number of anilines is 1. The quantitative estimate of drug-likeness (QED) is 0.781. The van der Waals surface area contributed by atoms with Gasteiger partial charge in [-0.15, -0.1) is 0 Å². The maximum absolute atomic E-state index is 5.16. The Morgan fingerprint density at radius 2 is 2.14 bits per heavy atom. The summed E-state index contributed by atoms with van der Waals surface area (Å²) in [6, 6.07) is 2.08. The lowest BCUT2D eigenvalue weighted by Crippen LogP contribution is -2.49. The Morgan fingerprint density at radius 3 is 2.81 bits per heavy atom. The molecule has 2 fully saturated rings. The Balaban J connectivity index is 1.69. The Kier molecular flexibility index (Phi) is 4.80. The summed E-state index contributed by atoms with van der Waals surface area (Å²) in [5, 5.41) is 3.73. The zero-order chi connectivity index (χ0) is 14.7. The van der Waals surface area contributed by atoms with E-state index in [0.29, 0.717) is 6.04 Å². The van der Waals surface area contributed by atoms with Gasteiger partial charge in [0.2, 0.25) is 5.95 Å². The average Bonchev–Trinajstić information content (AvgIpc) is 3.07. The number of ether oxygens (including phenoxy) is 1. The third kappa shape index (κ3) is 3.24. The summed E-state index contributed by atoms with van der Waals surface area (Å²) in [5.74, 6) is 1.14. The van der Waals surface area contributed by atoms with Gasteiger partial charge in [-0.1, -0.05) is 0 Å². The first-order valence-electron chi connectivity index (χ1n) is 8.34. The Bertz CT molecular complexity index is 435. The lowest BCUT2D eigenvalue weighted by atomic mass is 9.98. The smallest absolute Gasteiger partial charge is 0.205 e. The molecule has 2 saturated heterocycles. The van der Waals surface area contributed by atoms with E-state index >= 15 is 0 Å². The molecule has 21 heavy (non-hydrogen) atoms. The number of fused-ring (bicyclic) bond motifs is 2. The molecule has 2 bridgehead atoms. The van der Waals surface area contributed by atoms with Crippen LogP contribution in [0.4, 0.5) is 5.95 Å². The summed E-state index contributed by atoms with van der Waals surface area (Å²) in [6.45, 7) is 5.07. The van der Waals surface area contributed by atoms with Crippen LogP contribution in [0.2, 0.25) is 0 Å². The van der Waals surface area contributed by atoms with Crippen LogP contribution in [0, 0.1) is 0 Å². The van der Waals surface area contributed by atoms with Crippen LogP contribution in [-0.2, 0) is 11.3 Å². The largest absolute Gasteiger partial charge is 0.385 e. The second-order valence-corrected chi connectivity index (χ2v) is 6.32. The molecule has 1 aromatic heterocycles. The van der Waals surface area contributed by atoms with Crippen LogP contribution in [0.25, 0.3) is 0 Å². The fourth-order valence-corrected chi connectivity index (χ4v) is 3.96. The predicted octanol–water partition coefficient (Wildman–Crippen LogP) is 2.03.